The lowest BCUT2D eigenvalue weighted by Gasteiger charge is -2.46. The summed E-state index contributed by atoms with van der Waals surface area (Å²) in [5.74, 6) is 0. The van der Waals surface area contributed by atoms with Crippen LogP contribution in [0, 0.1) is 0 Å². The Morgan fingerprint density at radius 2 is 0.952 bits per heavy atom. The van der Waals surface area contributed by atoms with Crippen molar-refractivity contribution in [3.05, 3.63) is 253 Å². The quantitative estimate of drug-likeness (QED) is 0.135. The van der Waals surface area contributed by atoms with Gasteiger partial charge in [-0.25, -0.2) is 0 Å². The number of rotatable bonds is 9. The summed E-state index contributed by atoms with van der Waals surface area (Å²) in [4.78, 5) is 5.35. The van der Waals surface area contributed by atoms with E-state index in [0.717, 1.165) is 64.0 Å². The van der Waals surface area contributed by atoms with Crippen LogP contribution in [0.15, 0.2) is 241 Å². The Bertz CT molecular complexity index is 4580. The number of nitrogens with zero attached hydrogens (tertiary/aromatic N) is 3. The molecule has 2 aliphatic heterocycles. The lowest BCUT2D eigenvalue weighted by atomic mass is 9.33. The smallest absolute Gasteiger partial charge is 0.252 e. The molecular weight excluding hydrogens is 1010 g/mol. The van der Waals surface area contributed by atoms with Crippen LogP contribution < -0.4 is 26.2 Å². The maximum Gasteiger partial charge on any atom is 0.252 e. The minimum Gasteiger partial charge on any atom is -0.456 e. The number of furan rings is 1. The Kier molecular flexibility index (Phi) is 11.8. The lowest BCUT2D eigenvalue weighted by molar-refractivity contribution is 0.590. The van der Waals surface area contributed by atoms with Crippen molar-refractivity contribution in [2.45, 2.75) is 78.6 Å². The third kappa shape index (κ3) is 8.18. The second-order valence-electron chi connectivity index (χ2n) is 25.1. The molecule has 13 aromatic rings. The van der Waals surface area contributed by atoms with Gasteiger partial charge < -0.3 is 18.8 Å². The monoisotopic (exact) mass is 1070 g/mol. The SMILES string of the molecule is CCCCc1c(N2c3ccc(-c4ccccc4)cc3B3c4ccc(-n5c6ccccc6c6ccccc65)cc4N(c4c(-c5ccccc5)cc(C(C)(C)C)cc4-c4ccccc4)c4cc(C(C)(C)C)cc2c43)ccc2c1oc1ccccc12. The largest absolute Gasteiger partial charge is 0.456 e. The Hall–Kier alpha value is -9.32. The highest BCUT2D eigenvalue weighted by molar-refractivity contribution is 7.00. The fourth-order valence-corrected chi connectivity index (χ4v) is 13.7. The van der Waals surface area contributed by atoms with Crippen LogP contribution in [0.25, 0.3) is 82.8 Å². The number of para-hydroxylation sites is 3. The van der Waals surface area contributed by atoms with Crippen LogP contribution in [0.3, 0.4) is 0 Å². The van der Waals surface area contributed by atoms with Gasteiger partial charge in [-0.3, -0.25) is 0 Å². The minimum atomic E-state index is -0.241. The molecular formula is C78H66BN3O. The van der Waals surface area contributed by atoms with E-state index in [1.807, 2.05) is 0 Å². The van der Waals surface area contributed by atoms with E-state index in [0.29, 0.717) is 0 Å². The zero-order valence-electron chi connectivity index (χ0n) is 48.5. The summed E-state index contributed by atoms with van der Waals surface area (Å²) in [6.07, 6.45) is 2.97. The first-order chi connectivity index (χ1) is 40.4. The van der Waals surface area contributed by atoms with E-state index >= 15 is 0 Å². The van der Waals surface area contributed by atoms with Gasteiger partial charge in [-0.15, -0.1) is 0 Å². The number of unbranched alkanes of at least 4 members (excludes halogenated alkanes) is 1. The maximum absolute atomic E-state index is 7.04. The van der Waals surface area contributed by atoms with Crippen molar-refractivity contribution in [2.75, 3.05) is 9.80 Å². The van der Waals surface area contributed by atoms with E-state index in [1.54, 1.807) is 0 Å². The van der Waals surface area contributed by atoms with Gasteiger partial charge in [0.2, 0.25) is 0 Å². The molecule has 0 bridgehead atoms. The van der Waals surface area contributed by atoms with Gasteiger partial charge in [0.15, 0.2) is 0 Å². The zero-order chi connectivity index (χ0) is 56.3. The van der Waals surface area contributed by atoms with Crippen LogP contribution >= 0.6 is 0 Å². The van der Waals surface area contributed by atoms with E-state index in [-0.39, 0.29) is 17.5 Å². The van der Waals surface area contributed by atoms with E-state index in [9.17, 15) is 0 Å². The highest BCUT2D eigenvalue weighted by Crippen LogP contribution is 2.54. The molecule has 0 aliphatic carbocycles. The number of anilines is 6. The molecule has 0 saturated heterocycles. The third-order valence-corrected chi connectivity index (χ3v) is 17.9. The standard InChI is InChI=1S/C78H66BN3O/c1-8-9-31-61-68(43-40-60-59-34-21-24-37-73(59)83-76(60)61)81-69-42-38-53(50-25-13-10-14-26-50)44-65(69)79-64-41-39-56(80-66-35-22-19-32-57(66)58-33-20-23-36-67(58)80)49-70(64)82(72-48-55(78(5,6)7)47-71(81)74(72)79)75-62(51-27-15-11-16-28-51)45-54(77(2,3)4)46-63(75)52-29-17-12-18-30-52/h10-30,32-49H,8-9,31H2,1-7H3. The molecule has 83 heavy (non-hydrogen) atoms. The highest BCUT2D eigenvalue weighted by atomic mass is 16.3. The predicted molar refractivity (Wildman–Crippen MR) is 354 cm³/mol. The zero-order valence-corrected chi connectivity index (χ0v) is 48.5. The van der Waals surface area contributed by atoms with Crippen LogP contribution in [0.1, 0.15) is 78.0 Å². The number of aryl methyl sites for hydroxylation is 1. The molecule has 0 spiro atoms. The second kappa shape index (κ2) is 19.4. The topological polar surface area (TPSA) is 24.6 Å². The Morgan fingerprint density at radius 1 is 0.410 bits per heavy atom. The van der Waals surface area contributed by atoms with Gasteiger partial charge in [0.1, 0.15) is 11.2 Å². The van der Waals surface area contributed by atoms with Crippen molar-refractivity contribution in [1.82, 2.24) is 4.57 Å². The molecule has 0 amide bonds. The van der Waals surface area contributed by atoms with Crippen LogP contribution in [0.2, 0.25) is 0 Å². The summed E-state index contributed by atoms with van der Waals surface area (Å²) in [6.45, 7) is 16.3. The molecule has 0 N–H and O–H groups in total. The molecule has 5 heteroatoms. The first-order valence-corrected chi connectivity index (χ1v) is 29.8. The number of hydrogen-bond acceptors (Lipinski definition) is 3. The lowest BCUT2D eigenvalue weighted by Crippen LogP contribution is -2.61. The van der Waals surface area contributed by atoms with E-state index < -0.39 is 0 Å². The van der Waals surface area contributed by atoms with Gasteiger partial charge in [0.25, 0.3) is 6.71 Å². The van der Waals surface area contributed by atoms with Crippen molar-refractivity contribution < 1.29 is 4.42 Å². The molecule has 0 saturated carbocycles. The van der Waals surface area contributed by atoms with Gasteiger partial charge in [-0.05, 0) is 146 Å². The maximum atomic E-state index is 7.04. The average molecular weight is 1070 g/mol. The molecule has 4 nitrogen and oxygen atoms in total. The van der Waals surface area contributed by atoms with Crippen molar-refractivity contribution in [1.29, 1.82) is 0 Å². The van der Waals surface area contributed by atoms with Crippen molar-refractivity contribution in [2.24, 2.45) is 0 Å². The van der Waals surface area contributed by atoms with Crippen molar-refractivity contribution >= 4 is 101 Å². The van der Waals surface area contributed by atoms with Gasteiger partial charge in [0, 0.05) is 66.7 Å². The van der Waals surface area contributed by atoms with Gasteiger partial charge in [-0.1, -0.05) is 219 Å². The number of hydrogen-bond donors (Lipinski definition) is 0. The Morgan fingerprint density at radius 3 is 1.57 bits per heavy atom. The van der Waals surface area contributed by atoms with Crippen LogP contribution in [-0.4, -0.2) is 11.3 Å². The summed E-state index contributed by atoms with van der Waals surface area (Å²) in [5, 5.41) is 4.80. The summed E-state index contributed by atoms with van der Waals surface area (Å²) in [5.41, 5.74) is 26.8. The summed E-state index contributed by atoms with van der Waals surface area (Å²) < 4.78 is 9.53. The molecule has 0 fully saturated rings. The van der Waals surface area contributed by atoms with E-state index in [2.05, 4.69) is 299 Å². The summed E-state index contributed by atoms with van der Waals surface area (Å²) >= 11 is 0. The molecule has 2 aromatic heterocycles. The third-order valence-electron chi connectivity index (χ3n) is 17.9. The van der Waals surface area contributed by atoms with Crippen LogP contribution in [0.4, 0.5) is 34.1 Å². The van der Waals surface area contributed by atoms with Gasteiger partial charge in [0.05, 0.1) is 22.4 Å². The first-order valence-electron chi connectivity index (χ1n) is 29.8. The summed E-state index contributed by atoms with van der Waals surface area (Å²) in [6, 6.07) is 89.1. The average Bonchev–Trinajstić information content (AvgIpc) is 2.90. The van der Waals surface area contributed by atoms with Crippen LogP contribution in [-0.2, 0) is 17.3 Å². The normalized spacial score (nSPS) is 13.1. The highest BCUT2D eigenvalue weighted by Gasteiger charge is 2.46. The van der Waals surface area contributed by atoms with Crippen molar-refractivity contribution in [3.63, 3.8) is 0 Å². The fourth-order valence-electron chi connectivity index (χ4n) is 13.7. The number of fused-ring (bicyclic) bond motifs is 10. The van der Waals surface area contributed by atoms with Gasteiger partial charge in [-0.2, -0.15) is 0 Å². The summed E-state index contributed by atoms with van der Waals surface area (Å²) in [7, 11) is 0. The Labute approximate surface area is 488 Å². The number of benzene rings is 11. The minimum absolute atomic E-state index is 0.148. The van der Waals surface area contributed by atoms with Crippen LogP contribution in [0.5, 0.6) is 0 Å². The molecule has 0 atom stereocenters. The Balaban J connectivity index is 1.12. The molecule has 11 aromatic carbocycles. The molecule has 0 unspecified atom stereocenters. The molecule has 15 rings (SSSR count). The van der Waals surface area contributed by atoms with E-state index in [4.69, 9.17) is 4.42 Å². The second-order valence-corrected chi connectivity index (χ2v) is 25.1. The predicted octanol–water partition coefficient (Wildman–Crippen LogP) is 19.7. The van der Waals surface area contributed by atoms with E-state index in [1.165, 1.54) is 105 Å². The number of aromatic nitrogens is 1. The van der Waals surface area contributed by atoms with Crippen molar-refractivity contribution in [3.8, 4) is 39.1 Å². The molecule has 0 radical (unpaired) electrons. The first kappa shape index (κ1) is 50.6. The molecule has 2 aliphatic rings. The molecule has 402 valence electrons. The fraction of sp³-hybridized carbons (Fsp3) is 0.154. The molecule has 4 heterocycles. The van der Waals surface area contributed by atoms with Gasteiger partial charge >= 0.3 is 0 Å².